The zero-order chi connectivity index (χ0) is 14.5. The van der Waals surface area contributed by atoms with E-state index in [9.17, 15) is 22.8 Å². The average molecular weight is 284 g/mol. The molecule has 1 rings (SSSR count). The highest BCUT2D eigenvalue weighted by atomic mass is 19.4. The van der Waals surface area contributed by atoms with Crippen molar-refractivity contribution in [1.82, 2.24) is 9.80 Å². The number of alkyl halides is 3. The number of methoxy groups -OCH3 is 1. The Balaban J connectivity index is 2.29. The molecule has 1 heterocycles. The van der Waals surface area contributed by atoms with Crippen molar-refractivity contribution in [2.75, 3.05) is 46.4 Å². The van der Waals surface area contributed by atoms with Gasteiger partial charge in [0.05, 0.1) is 13.7 Å². The van der Waals surface area contributed by atoms with Gasteiger partial charge in [-0.15, -0.1) is 0 Å². The van der Waals surface area contributed by atoms with Crippen LogP contribution in [0.4, 0.5) is 18.0 Å². The summed E-state index contributed by atoms with van der Waals surface area (Å²) in [7, 11) is 1.27. The largest absolute Gasteiger partial charge is 0.468 e. The molecule has 1 aliphatic heterocycles. The van der Waals surface area contributed by atoms with Crippen molar-refractivity contribution in [2.45, 2.75) is 6.18 Å². The maximum atomic E-state index is 11.9. The van der Waals surface area contributed by atoms with Gasteiger partial charge in [0.2, 0.25) is 0 Å². The summed E-state index contributed by atoms with van der Waals surface area (Å²) < 4.78 is 44.2. The van der Waals surface area contributed by atoms with E-state index in [1.165, 1.54) is 12.0 Å². The minimum Gasteiger partial charge on any atom is -0.468 e. The number of carbonyl (C=O) groups is 2. The van der Waals surface area contributed by atoms with Crippen LogP contribution in [-0.4, -0.2) is 74.5 Å². The van der Waals surface area contributed by atoms with E-state index < -0.39 is 24.8 Å². The van der Waals surface area contributed by atoms with Crippen molar-refractivity contribution in [2.24, 2.45) is 0 Å². The summed E-state index contributed by atoms with van der Waals surface area (Å²) in [6.45, 7) is -0.288. The minimum atomic E-state index is -4.53. The van der Waals surface area contributed by atoms with Crippen LogP contribution in [0, 0.1) is 0 Å². The molecule has 0 radical (unpaired) electrons. The van der Waals surface area contributed by atoms with Crippen LogP contribution in [0.5, 0.6) is 0 Å². The SMILES string of the molecule is COC(=O)CN1CCN(C(=O)OCC(F)(F)F)CC1. The molecule has 6 nitrogen and oxygen atoms in total. The summed E-state index contributed by atoms with van der Waals surface area (Å²) in [5.41, 5.74) is 0. The minimum absolute atomic E-state index is 0.0991. The van der Waals surface area contributed by atoms with Gasteiger partial charge in [-0.25, -0.2) is 4.79 Å². The molecule has 9 heteroatoms. The maximum absolute atomic E-state index is 11.9. The van der Waals surface area contributed by atoms with Gasteiger partial charge in [-0.3, -0.25) is 9.69 Å². The standard InChI is InChI=1S/C10H15F3N2O4/c1-18-8(16)6-14-2-4-15(5-3-14)9(17)19-7-10(11,12)13/h2-7H2,1H3. The quantitative estimate of drug-likeness (QED) is 0.705. The van der Waals surface area contributed by atoms with Crippen LogP contribution < -0.4 is 0 Å². The van der Waals surface area contributed by atoms with Gasteiger partial charge in [-0.05, 0) is 0 Å². The Morgan fingerprint density at radius 3 is 2.21 bits per heavy atom. The van der Waals surface area contributed by atoms with E-state index in [0.717, 1.165) is 0 Å². The molecule has 0 aromatic rings. The number of hydrogen-bond acceptors (Lipinski definition) is 5. The van der Waals surface area contributed by atoms with E-state index >= 15 is 0 Å². The van der Waals surface area contributed by atoms with Crippen LogP contribution in [0.2, 0.25) is 0 Å². The van der Waals surface area contributed by atoms with E-state index in [0.29, 0.717) is 13.1 Å². The Hall–Kier alpha value is -1.51. The summed E-state index contributed by atoms with van der Waals surface area (Å²) in [5.74, 6) is -0.395. The summed E-state index contributed by atoms with van der Waals surface area (Å²) in [6.07, 6.45) is -5.52. The molecule has 0 N–H and O–H groups in total. The van der Waals surface area contributed by atoms with Gasteiger partial charge in [-0.2, -0.15) is 13.2 Å². The number of nitrogens with zero attached hydrogens (tertiary/aromatic N) is 2. The first-order valence-corrected chi connectivity index (χ1v) is 5.59. The van der Waals surface area contributed by atoms with Crippen molar-refractivity contribution < 1.29 is 32.2 Å². The number of rotatable bonds is 3. The number of amides is 1. The van der Waals surface area contributed by atoms with Crippen LogP contribution >= 0.6 is 0 Å². The Bertz CT molecular complexity index is 327. The smallest absolute Gasteiger partial charge is 0.422 e. The van der Waals surface area contributed by atoms with Gasteiger partial charge in [0.15, 0.2) is 6.61 Å². The molecule has 0 atom stereocenters. The Morgan fingerprint density at radius 2 is 1.74 bits per heavy atom. The number of hydrogen-bond donors (Lipinski definition) is 0. The molecule has 0 bridgehead atoms. The average Bonchev–Trinajstić information content (AvgIpc) is 2.36. The van der Waals surface area contributed by atoms with Crippen molar-refractivity contribution in [1.29, 1.82) is 0 Å². The van der Waals surface area contributed by atoms with Crippen LogP contribution in [0.1, 0.15) is 0 Å². The monoisotopic (exact) mass is 284 g/mol. The van der Waals surface area contributed by atoms with Crippen molar-refractivity contribution in [3.05, 3.63) is 0 Å². The second-order valence-electron chi connectivity index (χ2n) is 4.01. The molecule has 0 aromatic carbocycles. The third kappa shape index (κ3) is 5.77. The Kier molecular flexibility index (Phi) is 5.40. The van der Waals surface area contributed by atoms with Crippen molar-refractivity contribution in [3.8, 4) is 0 Å². The lowest BCUT2D eigenvalue weighted by Crippen LogP contribution is -2.50. The van der Waals surface area contributed by atoms with Gasteiger partial charge < -0.3 is 14.4 Å². The normalized spacial score (nSPS) is 17.2. The zero-order valence-electron chi connectivity index (χ0n) is 10.4. The zero-order valence-corrected chi connectivity index (χ0v) is 10.4. The van der Waals surface area contributed by atoms with E-state index in [4.69, 9.17) is 0 Å². The number of esters is 1. The molecule has 19 heavy (non-hydrogen) atoms. The van der Waals surface area contributed by atoms with Crippen LogP contribution in [-0.2, 0) is 14.3 Å². The lowest BCUT2D eigenvalue weighted by atomic mass is 10.3. The first kappa shape index (κ1) is 15.5. The molecular weight excluding hydrogens is 269 g/mol. The Labute approximate surface area is 108 Å². The molecule has 0 unspecified atom stereocenters. The van der Waals surface area contributed by atoms with Crippen LogP contribution in [0.25, 0.3) is 0 Å². The fourth-order valence-corrected chi connectivity index (χ4v) is 1.57. The summed E-state index contributed by atoms with van der Waals surface area (Å²) in [5, 5.41) is 0. The number of ether oxygens (including phenoxy) is 2. The Morgan fingerprint density at radius 1 is 1.16 bits per heavy atom. The van der Waals surface area contributed by atoms with Gasteiger partial charge in [0, 0.05) is 26.2 Å². The number of piperazine rings is 1. The summed E-state index contributed by atoms with van der Waals surface area (Å²) >= 11 is 0. The first-order valence-electron chi connectivity index (χ1n) is 5.59. The van der Waals surface area contributed by atoms with Crippen LogP contribution in [0.3, 0.4) is 0 Å². The molecule has 1 amide bonds. The molecule has 1 fully saturated rings. The second-order valence-corrected chi connectivity index (χ2v) is 4.01. The molecule has 0 spiro atoms. The van der Waals surface area contributed by atoms with Crippen LogP contribution in [0.15, 0.2) is 0 Å². The highest BCUT2D eigenvalue weighted by molar-refractivity contribution is 5.71. The number of carbonyl (C=O) groups excluding carboxylic acids is 2. The van der Waals surface area contributed by atoms with E-state index in [1.54, 1.807) is 4.90 Å². The third-order valence-electron chi connectivity index (χ3n) is 2.57. The highest BCUT2D eigenvalue weighted by Crippen LogP contribution is 2.15. The predicted octanol–water partition coefficient (Wildman–Crippen LogP) is 0.476. The fraction of sp³-hybridized carbons (Fsp3) is 0.800. The highest BCUT2D eigenvalue weighted by Gasteiger charge is 2.31. The van der Waals surface area contributed by atoms with Crippen molar-refractivity contribution in [3.63, 3.8) is 0 Å². The lowest BCUT2D eigenvalue weighted by molar-refractivity contribution is -0.162. The van der Waals surface area contributed by atoms with E-state index in [-0.39, 0.29) is 19.6 Å². The first-order chi connectivity index (χ1) is 8.81. The molecule has 110 valence electrons. The second kappa shape index (κ2) is 6.60. The topological polar surface area (TPSA) is 59.1 Å². The molecular formula is C10H15F3N2O4. The van der Waals surface area contributed by atoms with Gasteiger partial charge in [0.25, 0.3) is 0 Å². The summed E-state index contributed by atoms with van der Waals surface area (Å²) in [6, 6.07) is 0. The molecule has 0 aliphatic carbocycles. The molecule has 0 saturated carbocycles. The third-order valence-corrected chi connectivity index (χ3v) is 2.57. The molecule has 1 aliphatic rings. The van der Waals surface area contributed by atoms with E-state index in [2.05, 4.69) is 9.47 Å². The molecule has 0 aromatic heterocycles. The van der Waals surface area contributed by atoms with Gasteiger partial charge in [0.1, 0.15) is 0 Å². The maximum Gasteiger partial charge on any atom is 0.422 e. The van der Waals surface area contributed by atoms with Crippen molar-refractivity contribution >= 4 is 12.1 Å². The van der Waals surface area contributed by atoms with E-state index in [1.807, 2.05) is 0 Å². The van der Waals surface area contributed by atoms with Gasteiger partial charge in [-0.1, -0.05) is 0 Å². The number of halogens is 3. The summed E-state index contributed by atoms with van der Waals surface area (Å²) in [4.78, 5) is 25.3. The fourth-order valence-electron chi connectivity index (χ4n) is 1.57. The van der Waals surface area contributed by atoms with Gasteiger partial charge >= 0.3 is 18.2 Å². The lowest BCUT2D eigenvalue weighted by Gasteiger charge is -2.33. The molecule has 1 saturated heterocycles. The predicted molar refractivity (Wildman–Crippen MR) is 57.4 cm³/mol.